The zero-order valence-corrected chi connectivity index (χ0v) is 11.9. The fraction of sp³-hybridized carbons (Fsp3) is 0.0714. The molecule has 21 heavy (non-hydrogen) atoms. The molecule has 0 unspecified atom stereocenters. The number of carbonyl (C=O) groups excluding carboxylic acids is 1. The van der Waals surface area contributed by atoms with Crippen molar-refractivity contribution in [2.24, 2.45) is 0 Å². The van der Waals surface area contributed by atoms with Gasteiger partial charge in [0.1, 0.15) is 5.69 Å². The minimum atomic E-state index is -0.295. The summed E-state index contributed by atoms with van der Waals surface area (Å²) in [7, 11) is 1.53. The smallest absolute Gasteiger partial charge is 0.275 e. The van der Waals surface area contributed by atoms with E-state index < -0.39 is 0 Å². The second-order valence-corrected chi connectivity index (χ2v) is 4.92. The van der Waals surface area contributed by atoms with Crippen LogP contribution in [0.15, 0.2) is 46.5 Å². The van der Waals surface area contributed by atoms with Crippen LogP contribution in [0, 0.1) is 0 Å². The van der Waals surface area contributed by atoms with E-state index in [0.717, 1.165) is 0 Å². The predicted octanol–water partition coefficient (Wildman–Crippen LogP) is 3.06. The maximum atomic E-state index is 12.1. The zero-order chi connectivity index (χ0) is 14.7. The Kier molecular flexibility index (Phi) is 3.65. The Bertz CT molecular complexity index is 735. The first-order valence-corrected chi connectivity index (χ1v) is 6.95. The summed E-state index contributed by atoms with van der Waals surface area (Å²) in [5.74, 6) is 0.836. The first-order chi connectivity index (χ1) is 10.3. The van der Waals surface area contributed by atoms with Crippen molar-refractivity contribution in [2.75, 3.05) is 12.4 Å². The number of nitrogens with one attached hydrogen (secondary N) is 1. The van der Waals surface area contributed by atoms with Gasteiger partial charge in [-0.2, -0.15) is 0 Å². The number of ether oxygens (including phenoxy) is 1. The molecular formula is C14H11N3O3S. The van der Waals surface area contributed by atoms with Crippen molar-refractivity contribution in [1.82, 2.24) is 9.97 Å². The summed E-state index contributed by atoms with van der Waals surface area (Å²) in [6.45, 7) is 0. The Hall–Kier alpha value is -2.67. The molecule has 0 saturated heterocycles. The quantitative estimate of drug-likeness (QED) is 0.801. The highest BCUT2D eigenvalue weighted by atomic mass is 32.1. The second-order valence-electron chi connectivity index (χ2n) is 4.06. The first kappa shape index (κ1) is 13.3. The number of pyridine rings is 1. The fourth-order valence-corrected chi connectivity index (χ4v) is 2.43. The third kappa shape index (κ3) is 2.92. The summed E-state index contributed by atoms with van der Waals surface area (Å²) in [6.07, 6.45) is 3.09. The molecule has 3 rings (SSSR count). The third-order valence-electron chi connectivity index (χ3n) is 2.67. The largest absolute Gasteiger partial charge is 0.481 e. The van der Waals surface area contributed by atoms with Gasteiger partial charge in [-0.3, -0.25) is 4.79 Å². The van der Waals surface area contributed by atoms with Gasteiger partial charge in [-0.25, -0.2) is 9.97 Å². The van der Waals surface area contributed by atoms with Crippen LogP contribution in [-0.2, 0) is 0 Å². The molecular weight excluding hydrogens is 290 g/mol. The summed E-state index contributed by atoms with van der Waals surface area (Å²) in [4.78, 5) is 20.4. The summed E-state index contributed by atoms with van der Waals surface area (Å²) < 4.78 is 10.2. The molecule has 0 atom stereocenters. The lowest BCUT2D eigenvalue weighted by molar-refractivity contribution is 0.102. The van der Waals surface area contributed by atoms with Crippen LogP contribution in [0.25, 0.3) is 10.8 Å². The molecule has 1 amide bonds. The van der Waals surface area contributed by atoms with E-state index in [0.29, 0.717) is 28.0 Å². The lowest BCUT2D eigenvalue weighted by Gasteiger charge is -2.03. The predicted molar refractivity (Wildman–Crippen MR) is 78.6 cm³/mol. The minimum Gasteiger partial charge on any atom is -0.481 e. The van der Waals surface area contributed by atoms with Crippen molar-refractivity contribution in [3.63, 3.8) is 0 Å². The molecule has 0 aliphatic rings. The Balaban J connectivity index is 1.73. The van der Waals surface area contributed by atoms with Gasteiger partial charge in [0, 0.05) is 11.4 Å². The van der Waals surface area contributed by atoms with Crippen molar-refractivity contribution >= 4 is 22.9 Å². The van der Waals surface area contributed by atoms with Crippen LogP contribution in [0.4, 0.5) is 5.69 Å². The van der Waals surface area contributed by atoms with Crippen LogP contribution in [0.2, 0.25) is 0 Å². The molecule has 6 nitrogen and oxygen atoms in total. The van der Waals surface area contributed by atoms with Crippen molar-refractivity contribution in [2.45, 2.75) is 0 Å². The molecule has 0 bridgehead atoms. The SMILES string of the molecule is COc1ccc(NC(=O)c2csc(-c3ccco3)n2)cn1. The molecule has 0 saturated carbocycles. The maximum absolute atomic E-state index is 12.1. The monoisotopic (exact) mass is 301 g/mol. The van der Waals surface area contributed by atoms with Gasteiger partial charge in [0.25, 0.3) is 5.91 Å². The molecule has 0 spiro atoms. The topological polar surface area (TPSA) is 77.2 Å². The highest BCUT2D eigenvalue weighted by Crippen LogP contribution is 2.24. The van der Waals surface area contributed by atoms with Crippen molar-refractivity contribution < 1.29 is 13.9 Å². The van der Waals surface area contributed by atoms with Gasteiger partial charge in [0.2, 0.25) is 5.88 Å². The van der Waals surface area contributed by atoms with Crippen LogP contribution in [-0.4, -0.2) is 23.0 Å². The number of amides is 1. The van der Waals surface area contributed by atoms with Gasteiger partial charge in [-0.05, 0) is 18.2 Å². The number of aromatic nitrogens is 2. The average molecular weight is 301 g/mol. The summed E-state index contributed by atoms with van der Waals surface area (Å²) in [5.41, 5.74) is 0.913. The van der Waals surface area contributed by atoms with E-state index in [1.807, 2.05) is 0 Å². The number of anilines is 1. The molecule has 7 heteroatoms. The van der Waals surface area contributed by atoms with Crippen LogP contribution in [0.3, 0.4) is 0 Å². The molecule has 0 aliphatic heterocycles. The van der Waals surface area contributed by atoms with E-state index in [1.165, 1.54) is 24.6 Å². The Morgan fingerprint density at radius 2 is 2.29 bits per heavy atom. The maximum Gasteiger partial charge on any atom is 0.275 e. The molecule has 1 N–H and O–H groups in total. The van der Waals surface area contributed by atoms with Crippen LogP contribution < -0.4 is 10.1 Å². The van der Waals surface area contributed by atoms with E-state index >= 15 is 0 Å². The van der Waals surface area contributed by atoms with Crippen LogP contribution >= 0.6 is 11.3 Å². The van der Waals surface area contributed by atoms with Crippen molar-refractivity contribution in [3.8, 4) is 16.6 Å². The minimum absolute atomic E-state index is 0.295. The molecule has 0 aromatic carbocycles. The van der Waals surface area contributed by atoms with E-state index in [-0.39, 0.29) is 5.91 Å². The number of nitrogens with zero attached hydrogens (tertiary/aromatic N) is 2. The number of hydrogen-bond donors (Lipinski definition) is 1. The average Bonchev–Trinajstić information content (AvgIpc) is 3.19. The Labute approximate surface area is 124 Å². The van der Waals surface area contributed by atoms with Crippen LogP contribution in [0.5, 0.6) is 5.88 Å². The molecule has 0 radical (unpaired) electrons. The van der Waals surface area contributed by atoms with E-state index in [9.17, 15) is 4.79 Å². The summed E-state index contributed by atoms with van der Waals surface area (Å²) >= 11 is 1.35. The fourth-order valence-electron chi connectivity index (χ4n) is 1.66. The standard InChI is InChI=1S/C14H11N3O3S/c1-19-12-5-4-9(7-15-12)16-13(18)10-8-21-14(17-10)11-3-2-6-20-11/h2-8H,1H3,(H,16,18). The number of thiazole rings is 1. The summed E-state index contributed by atoms with van der Waals surface area (Å²) in [5, 5.41) is 5.07. The second kappa shape index (κ2) is 5.76. The molecule has 0 aliphatic carbocycles. The highest BCUT2D eigenvalue weighted by Gasteiger charge is 2.13. The number of furan rings is 1. The molecule has 3 aromatic heterocycles. The van der Waals surface area contributed by atoms with E-state index in [1.54, 1.807) is 35.9 Å². The Morgan fingerprint density at radius 1 is 1.38 bits per heavy atom. The van der Waals surface area contributed by atoms with Gasteiger partial charge in [-0.15, -0.1) is 11.3 Å². The number of methoxy groups -OCH3 is 1. The lowest BCUT2D eigenvalue weighted by atomic mass is 10.3. The van der Waals surface area contributed by atoms with Gasteiger partial charge >= 0.3 is 0 Å². The normalized spacial score (nSPS) is 10.3. The van der Waals surface area contributed by atoms with Gasteiger partial charge in [0.05, 0.1) is 25.3 Å². The van der Waals surface area contributed by atoms with Crippen molar-refractivity contribution in [1.29, 1.82) is 0 Å². The van der Waals surface area contributed by atoms with E-state index in [4.69, 9.17) is 9.15 Å². The third-order valence-corrected chi connectivity index (χ3v) is 3.53. The highest BCUT2D eigenvalue weighted by molar-refractivity contribution is 7.13. The molecule has 3 aromatic rings. The first-order valence-electron chi connectivity index (χ1n) is 6.07. The molecule has 106 valence electrons. The van der Waals surface area contributed by atoms with Gasteiger partial charge in [0.15, 0.2) is 10.8 Å². The number of hydrogen-bond acceptors (Lipinski definition) is 6. The van der Waals surface area contributed by atoms with Crippen molar-refractivity contribution in [3.05, 3.63) is 47.8 Å². The van der Waals surface area contributed by atoms with Gasteiger partial charge in [-0.1, -0.05) is 0 Å². The zero-order valence-electron chi connectivity index (χ0n) is 11.1. The lowest BCUT2D eigenvalue weighted by Crippen LogP contribution is -2.12. The van der Waals surface area contributed by atoms with Crippen LogP contribution in [0.1, 0.15) is 10.5 Å². The summed E-state index contributed by atoms with van der Waals surface area (Å²) in [6, 6.07) is 6.96. The van der Waals surface area contributed by atoms with E-state index in [2.05, 4.69) is 15.3 Å². The number of rotatable bonds is 4. The van der Waals surface area contributed by atoms with Gasteiger partial charge < -0.3 is 14.5 Å². The number of carbonyl (C=O) groups is 1. The Morgan fingerprint density at radius 3 is 2.95 bits per heavy atom. The molecule has 0 fully saturated rings. The molecule has 3 heterocycles.